The molecule has 0 fully saturated rings. The highest BCUT2D eigenvalue weighted by atomic mass is 79.9. The lowest BCUT2D eigenvalue weighted by Crippen LogP contribution is -2.46. The fraction of sp³-hybridized carbons (Fsp3) is 0.429. The van der Waals surface area contributed by atoms with Gasteiger partial charge in [0.25, 0.3) is 5.91 Å². The minimum Gasteiger partial charge on any atom is -0.334 e. The molecule has 114 valence electrons. The number of amides is 1. The monoisotopic (exact) mass is 362 g/mol. The van der Waals surface area contributed by atoms with Gasteiger partial charge in [0.2, 0.25) is 0 Å². The Kier molecular flexibility index (Phi) is 5.40. The molecule has 1 aromatic carbocycles. The predicted molar refractivity (Wildman–Crippen MR) is 75.5 cm³/mol. The van der Waals surface area contributed by atoms with Crippen molar-refractivity contribution in [2.24, 2.45) is 0 Å². The van der Waals surface area contributed by atoms with Gasteiger partial charge in [0, 0.05) is 4.47 Å². The molecule has 0 heterocycles. The Morgan fingerprint density at radius 3 is 2.33 bits per heavy atom. The van der Waals surface area contributed by atoms with Crippen molar-refractivity contribution in [1.29, 1.82) is 5.26 Å². The van der Waals surface area contributed by atoms with Crippen molar-refractivity contribution in [2.45, 2.75) is 38.4 Å². The van der Waals surface area contributed by atoms with Crippen LogP contribution in [0, 0.1) is 11.3 Å². The molecule has 1 rings (SSSR count). The van der Waals surface area contributed by atoms with Gasteiger partial charge in [-0.25, -0.2) is 0 Å². The molecule has 3 nitrogen and oxygen atoms in total. The van der Waals surface area contributed by atoms with Gasteiger partial charge in [0.1, 0.15) is 5.54 Å². The van der Waals surface area contributed by atoms with Crippen LogP contribution in [0.15, 0.2) is 22.7 Å². The molecule has 0 aliphatic heterocycles. The Hall–Kier alpha value is -1.55. The highest BCUT2D eigenvalue weighted by Gasteiger charge is 2.37. The Morgan fingerprint density at radius 1 is 1.33 bits per heavy atom. The number of nitriles is 1. The number of nitrogens with one attached hydrogen (secondary N) is 1. The maximum absolute atomic E-state index is 13.0. The average Bonchev–Trinajstić information content (AvgIpc) is 2.43. The van der Waals surface area contributed by atoms with Crippen molar-refractivity contribution in [1.82, 2.24) is 5.32 Å². The molecule has 0 radical (unpaired) electrons. The lowest BCUT2D eigenvalue weighted by atomic mass is 9.93. The first-order valence-corrected chi connectivity index (χ1v) is 7.09. The predicted octanol–water partition coefficient (Wildman–Crippen LogP) is 4.28. The van der Waals surface area contributed by atoms with Gasteiger partial charge >= 0.3 is 6.18 Å². The Morgan fingerprint density at radius 2 is 1.90 bits per heavy atom. The van der Waals surface area contributed by atoms with Crippen LogP contribution in [0.3, 0.4) is 0 Å². The summed E-state index contributed by atoms with van der Waals surface area (Å²) < 4.78 is 39.2. The molecule has 1 aromatic rings. The first-order valence-electron chi connectivity index (χ1n) is 6.29. The first-order chi connectivity index (χ1) is 9.69. The van der Waals surface area contributed by atoms with Gasteiger partial charge in [-0.3, -0.25) is 4.79 Å². The molecule has 0 bridgehead atoms. The van der Waals surface area contributed by atoms with Crippen LogP contribution in [0.25, 0.3) is 0 Å². The van der Waals surface area contributed by atoms with Crippen molar-refractivity contribution >= 4 is 21.8 Å². The lowest BCUT2D eigenvalue weighted by Gasteiger charge is -2.25. The van der Waals surface area contributed by atoms with E-state index in [4.69, 9.17) is 5.26 Å². The van der Waals surface area contributed by atoms with E-state index in [1.54, 1.807) is 13.8 Å². The molecule has 0 aliphatic rings. The van der Waals surface area contributed by atoms with Crippen LogP contribution in [0.1, 0.15) is 42.6 Å². The van der Waals surface area contributed by atoms with Gasteiger partial charge in [-0.1, -0.05) is 29.8 Å². The van der Waals surface area contributed by atoms with Gasteiger partial charge in [0.05, 0.1) is 17.2 Å². The summed E-state index contributed by atoms with van der Waals surface area (Å²) >= 11 is 2.96. The second kappa shape index (κ2) is 6.48. The third-order valence-corrected chi connectivity index (χ3v) is 3.80. The molecule has 1 N–H and O–H groups in total. The number of hydrogen-bond donors (Lipinski definition) is 1. The second-order valence-corrected chi connectivity index (χ2v) is 5.46. The molecular formula is C14H14BrF3N2O. The summed E-state index contributed by atoms with van der Waals surface area (Å²) in [5.74, 6) is -0.903. The zero-order valence-corrected chi connectivity index (χ0v) is 13.1. The number of alkyl halides is 3. The molecule has 0 aromatic heterocycles. The number of nitrogens with zero attached hydrogens (tertiary/aromatic N) is 1. The summed E-state index contributed by atoms with van der Waals surface area (Å²) in [7, 11) is 0. The molecule has 1 amide bonds. The van der Waals surface area contributed by atoms with Gasteiger partial charge in [0.15, 0.2) is 0 Å². The zero-order chi connectivity index (χ0) is 16.3. The summed E-state index contributed by atoms with van der Waals surface area (Å²) in [6.45, 7) is 3.39. The number of carbonyl (C=O) groups excluding carboxylic acids is 1. The number of carbonyl (C=O) groups is 1. The third kappa shape index (κ3) is 3.97. The van der Waals surface area contributed by atoms with Crippen molar-refractivity contribution < 1.29 is 18.0 Å². The number of hydrogen-bond acceptors (Lipinski definition) is 2. The summed E-state index contributed by atoms with van der Waals surface area (Å²) in [6.07, 6.45) is -4.03. The molecule has 0 aliphatic carbocycles. The minimum absolute atomic E-state index is 0.226. The van der Waals surface area contributed by atoms with E-state index in [9.17, 15) is 18.0 Å². The third-order valence-electron chi connectivity index (χ3n) is 3.31. The molecular weight excluding hydrogens is 349 g/mol. The Labute approximate surface area is 129 Å². The van der Waals surface area contributed by atoms with Crippen LogP contribution in [0.2, 0.25) is 0 Å². The van der Waals surface area contributed by atoms with Gasteiger partial charge in [-0.05, 0) is 31.0 Å². The van der Waals surface area contributed by atoms with E-state index in [2.05, 4.69) is 21.2 Å². The van der Waals surface area contributed by atoms with Crippen LogP contribution in [0.5, 0.6) is 0 Å². The van der Waals surface area contributed by atoms with Crippen molar-refractivity contribution in [3.05, 3.63) is 33.8 Å². The summed E-state index contributed by atoms with van der Waals surface area (Å²) in [5.41, 5.74) is -2.69. The summed E-state index contributed by atoms with van der Waals surface area (Å²) in [4.78, 5) is 12.1. The van der Waals surface area contributed by atoms with E-state index in [1.165, 1.54) is 6.07 Å². The van der Waals surface area contributed by atoms with Crippen molar-refractivity contribution in [3.8, 4) is 6.07 Å². The summed E-state index contributed by atoms with van der Waals surface area (Å²) in [6, 6.07) is 5.26. The zero-order valence-electron chi connectivity index (χ0n) is 11.5. The summed E-state index contributed by atoms with van der Waals surface area (Å²) in [5, 5.41) is 11.6. The lowest BCUT2D eigenvalue weighted by molar-refractivity contribution is -0.138. The molecule has 0 saturated carbocycles. The van der Waals surface area contributed by atoms with Crippen LogP contribution >= 0.6 is 15.9 Å². The fourth-order valence-electron chi connectivity index (χ4n) is 1.85. The molecule has 21 heavy (non-hydrogen) atoms. The minimum atomic E-state index is -4.65. The van der Waals surface area contributed by atoms with Crippen molar-refractivity contribution in [3.63, 3.8) is 0 Å². The Balaban J connectivity index is 3.23. The molecule has 0 unspecified atom stereocenters. The van der Waals surface area contributed by atoms with Crippen LogP contribution < -0.4 is 5.32 Å². The number of rotatable bonds is 4. The van der Waals surface area contributed by atoms with Gasteiger partial charge < -0.3 is 5.32 Å². The van der Waals surface area contributed by atoms with E-state index in [0.29, 0.717) is 12.8 Å². The van der Waals surface area contributed by atoms with Crippen molar-refractivity contribution in [2.75, 3.05) is 0 Å². The highest BCUT2D eigenvalue weighted by molar-refractivity contribution is 9.10. The molecule has 7 heteroatoms. The highest BCUT2D eigenvalue weighted by Crippen LogP contribution is 2.34. The van der Waals surface area contributed by atoms with Gasteiger partial charge in [-0.15, -0.1) is 0 Å². The average molecular weight is 363 g/mol. The first kappa shape index (κ1) is 17.5. The molecule has 0 spiro atoms. The van der Waals surface area contributed by atoms with Gasteiger partial charge in [-0.2, -0.15) is 18.4 Å². The van der Waals surface area contributed by atoms with Crippen LogP contribution in [0.4, 0.5) is 13.2 Å². The molecule has 0 saturated heterocycles. The maximum Gasteiger partial charge on any atom is 0.417 e. The SMILES string of the molecule is CCC(C#N)(CC)NC(=O)c1ccc(Br)cc1C(F)(F)F. The fourth-order valence-corrected chi connectivity index (χ4v) is 2.21. The number of halogens is 4. The van der Waals surface area contributed by atoms with E-state index in [1.807, 2.05) is 6.07 Å². The molecule has 0 atom stereocenters. The number of benzene rings is 1. The van der Waals surface area contributed by atoms with E-state index >= 15 is 0 Å². The quantitative estimate of drug-likeness (QED) is 0.868. The van der Waals surface area contributed by atoms with Crippen LogP contribution in [-0.4, -0.2) is 11.4 Å². The van der Waals surface area contributed by atoms with E-state index < -0.39 is 28.7 Å². The maximum atomic E-state index is 13.0. The second-order valence-electron chi connectivity index (χ2n) is 4.54. The topological polar surface area (TPSA) is 52.9 Å². The standard InChI is InChI=1S/C14H14BrF3N2O/c1-3-13(4-2,8-19)20-12(21)10-6-5-9(15)7-11(10)14(16,17)18/h5-7H,3-4H2,1-2H3,(H,20,21). The van der Waals surface area contributed by atoms with Crippen LogP contribution in [-0.2, 0) is 6.18 Å². The normalized spacial score (nSPS) is 11.9. The smallest absolute Gasteiger partial charge is 0.334 e. The Bertz CT molecular complexity index is 575. The van der Waals surface area contributed by atoms with E-state index in [0.717, 1.165) is 12.1 Å². The van der Waals surface area contributed by atoms with E-state index in [-0.39, 0.29) is 4.47 Å². The largest absolute Gasteiger partial charge is 0.417 e.